The molecule has 0 radical (unpaired) electrons. The second-order valence-electron chi connectivity index (χ2n) is 4.95. The highest BCUT2D eigenvalue weighted by atomic mass is 16.3. The van der Waals surface area contributed by atoms with Gasteiger partial charge in [0.15, 0.2) is 6.10 Å². The number of carbonyl (C=O) groups is 1. The Morgan fingerprint density at radius 3 is 2.20 bits per heavy atom. The molecule has 2 aromatic carbocycles. The van der Waals surface area contributed by atoms with Crippen molar-refractivity contribution in [3.8, 4) is 0 Å². The molecule has 2 atom stereocenters. The number of nitrogens with one attached hydrogen (secondary N) is 1. The Balaban J connectivity index is 2.02. The van der Waals surface area contributed by atoms with Crippen molar-refractivity contribution in [1.29, 1.82) is 0 Å². The quantitative estimate of drug-likeness (QED) is 0.896. The molecule has 0 heterocycles. The lowest BCUT2D eigenvalue weighted by Crippen LogP contribution is -2.31. The molecule has 104 valence electrons. The summed E-state index contributed by atoms with van der Waals surface area (Å²) in [6, 6.07) is 16.8. The van der Waals surface area contributed by atoms with E-state index >= 15 is 0 Å². The van der Waals surface area contributed by atoms with E-state index in [-0.39, 0.29) is 11.9 Å². The van der Waals surface area contributed by atoms with Gasteiger partial charge in [0.1, 0.15) is 0 Å². The van der Waals surface area contributed by atoms with Crippen molar-refractivity contribution in [2.45, 2.75) is 26.0 Å². The maximum Gasteiger partial charge on any atom is 0.253 e. The summed E-state index contributed by atoms with van der Waals surface area (Å²) in [7, 11) is 0. The van der Waals surface area contributed by atoms with E-state index in [1.165, 1.54) is 0 Å². The molecule has 3 heteroatoms. The van der Waals surface area contributed by atoms with Crippen molar-refractivity contribution in [3.63, 3.8) is 0 Å². The molecular weight excluding hydrogens is 250 g/mol. The number of aliphatic hydroxyl groups excluding tert-OH is 1. The molecule has 2 unspecified atom stereocenters. The van der Waals surface area contributed by atoms with E-state index < -0.39 is 6.10 Å². The first-order valence-corrected chi connectivity index (χ1v) is 6.68. The van der Waals surface area contributed by atoms with Gasteiger partial charge in [0, 0.05) is 0 Å². The van der Waals surface area contributed by atoms with E-state index in [0.717, 1.165) is 11.1 Å². The molecule has 20 heavy (non-hydrogen) atoms. The Hall–Kier alpha value is -2.13. The fraction of sp³-hybridized carbons (Fsp3) is 0.235. The van der Waals surface area contributed by atoms with Gasteiger partial charge in [0.25, 0.3) is 5.91 Å². The van der Waals surface area contributed by atoms with E-state index in [1.54, 1.807) is 12.1 Å². The number of carbonyl (C=O) groups excluding carboxylic acids is 1. The summed E-state index contributed by atoms with van der Waals surface area (Å²) in [5, 5.41) is 12.9. The van der Waals surface area contributed by atoms with Crippen LogP contribution in [0.15, 0.2) is 54.6 Å². The van der Waals surface area contributed by atoms with Crippen LogP contribution in [0.4, 0.5) is 0 Å². The number of aryl methyl sites for hydroxylation is 1. The summed E-state index contributed by atoms with van der Waals surface area (Å²) in [5.41, 5.74) is 2.71. The third-order valence-electron chi connectivity index (χ3n) is 3.30. The Bertz CT molecular complexity index is 563. The molecule has 0 aliphatic carbocycles. The number of benzene rings is 2. The molecule has 3 nitrogen and oxygen atoms in total. The second kappa shape index (κ2) is 6.35. The minimum atomic E-state index is -1.14. The molecule has 0 bridgehead atoms. The van der Waals surface area contributed by atoms with Crippen LogP contribution in [0.3, 0.4) is 0 Å². The molecule has 2 aromatic rings. The maximum atomic E-state index is 12.1. The van der Waals surface area contributed by atoms with E-state index in [9.17, 15) is 9.90 Å². The number of amides is 1. The third kappa shape index (κ3) is 3.45. The molecule has 0 fully saturated rings. The number of aliphatic hydroxyl groups is 1. The summed E-state index contributed by atoms with van der Waals surface area (Å²) in [4.78, 5) is 12.1. The SMILES string of the molecule is Cc1ccc(C(O)C(=O)NC(C)c2ccccc2)cc1. The first-order chi connectivity index (χ1) is 9.58. The van der Waals surface area contributed by atoms with Crippen molar-refractivity contribution in [3.05, 3.63) is 71.3 Å². The Morgan fingerprint density at radius 2 is 1.60 bits per heavy atom. The smallest absolute Gasteiger partial charge is 0.253 e. The zero-order valence-electron chi connectivity index (χ0n) is 11.7. The van der Waals surface area contributed by atoms with Crippen LogP contribution in [-0.2, 0) is 4.79 Å². The number of rotatable bonds is 4. The molecule has 0 saturated heterocycles. The van der Waals surface area contributed by atoms with Crippen LogP contribution >= 0.6 is 0 Å². The lowest BCUT2D eigenvalue weighted by Gasteiger charge is -2.17. The lowest BCUT2D eigenvalue weighted by atomic mass is 10.1. The average Bonchev–Trinajstić information content (AvgIpc) is 2.48. The fourth-order valence-corrected chi connectivity index (χ4v) is 2.02. The number of hydrogen-bond acceptors (Lipinski definition) is 2. The standard InChI is InChI=1S/C17H19NO2/c1-12-8-10-15(11-9-12)16(19)17(20)18-13(2)14-6-4-3-5-7-14/h3-11,13,16,19H,1-2H3,(H,18,20). The molecule has 0 saturated carbocycles. The Labute approximate surface area is 119 Å². The number of hydrogen-bond donors (Lipinski definition) is 2. The predicted octanol–water partition coefficient (Wildman–Crippen LogP) is 2.91. The van der Waals surface area contributed by atoms with Gasteiger partial charge in [0.05, 0.1) is 6.04 Å². The molecule has 1 amide bonds. The van der Waals surface area contributed by atoms with Crippen LogP contribution in [0, 0.1) is 6.92 Å². The predicted molar refractivity (Wildman–Crippen MR) is 79.1 cm³/mol. The summed E-state index contributed by atoms with van der Waals surface area (Å²) in [6.07, 6.45) is -1.14. The minimum Gasteiger partial charge on any atom is -0.378 e. The summed E-state index contributed by atoms with van der Waals surface area (Å²) in [5.74, 6) is -0.384. The largest absolute Gasteiger partial charge is 0.378 e. The normalized spacial score (nSPS) is 13.6. The third-order valence-corrected chi connectivity index (χ3v) is 3.30. The molecule has 0 aliphatic rings. The molecule has 0 aromatic heterocycles. The Kier molecular flexibility index (Phi) is 4.53. The monoisotopic (exact) mass is 269 g/mol. The lowest BCUT2D eigenvalue weighted by molar-refractivity contribution is -0.130. The molecule has 2 rings (SSSR count). The topological polar surface area (TPSA) is 49.3 Å². The van der Waals surface area contributed by atoms with Crippen LogP contribution in [0.2, 0.25) is 0 Å². The van der Waals surface area contributed by atoms with Gasteiger partial charge in [-0.1, -0.05) is 60.2 Å². The summed E-state index contributed by atoms with van der Waals surface area (Å²) in [6.45, 7) is 3.86. The van der Waals surface area contributed by atoms with Crippen LogP contribution in [0.1, 0.15) is 35.8 Å². The van der Waals surface area contributed by atoms with Gasteiger partial charge in [-0.25, -0.2) is 0 Å². The van der Waals surface area contributed by atoms with Gasteiger partial charge in [-0.15, -0.1) is 0 Å². The van der Waals surface area contributed by atoms with Gasteiger partial charge < -0.3 is 10.4 Å². The van der Waals surface area contributed by atoms with Gasteiger partial charge in [-0.05, 0) is 25.0 Å². The van der Waals surface area contributed by atoms with Crippen molar-refractivity contribution in [2.24, 2.45) is 0 Å². The first kappa shape index (κ1) is 14.3. The van der Waals surface area contributed by atoms with E-state index in [1.807, 2.05) is 56.3 Å². The van der Waals surface area contributed by atoms with Gasteiger partial charge in [0.2, 0.25) is 0 Å². The first-order valence-electron chi connectivity index (χ1n) is 6.68. The Morgan fingerprint density at radius 1 is 1.00 bits per heavy atom. The molecule has 0 aliphatic heterocycles. The highest BCUT2D eigenvalue weighted by Crippen LogP contribution is 2.17. The highest BCUT2D eigenvalue weighted by Gasteiger charge is 2.19. The molecular formula is C17H19NO2. The fourth-order valence-electron chi connectivity index (χ4n) is 2.02. The molecule has 2 N–H and O–H groups in total. The van der Waals surface area contributed by atoms with Gasteiger partial charge >= 0.3 is 0 Å². The van der Waals surface area contributed by atoms with Crippen molar-refractivity contribution < 1.29 is 9.90 Å². The van der Waals surface area contributed by atoms with Crippen molar-refractivity contribution in [1.82, 2.24) is 5.32 Å². The van der Waals surface area contributed by atoms with Crippen LogP contribution in [-0.4, -0.2) is 11.0 Å². The molecule has 0 spiro atoms. The second-order valence-corrected chi connectivity index (χ2v) is 4.95. The minimum absolute atomic E-state index is 0.135. The summed E-state index contributed by atoms with van der Waals surface area (Å²) >= 11 is 0. The maximum absolute atomic E-state index is 12.1. The van der Waals surface area contributed by atoms with E-state index in [4.69, 9.17) is 0 Å². The van der Waals surface area contributed by atoms with Gasteiger partial charge in [-0.2, -0.15) is 0 Å². The zero-order chi connectivity index (χ0) is 14.5. The summed E-state index contributed by atoms with van der Waals surface area (Å²) < 4.78 is 0. The van der Waals surface area contributed by atoms with Crippen LogP contribution in [0.25, 0.3) is 0 Å². The van der Waals surface area contributed by atoms with E-state index in [0.29, 0.717) is 5.56 Å². The highest BCUT2D eigenvalue weighted by molar-refractivity contribution is 5.82. The van der Waals surface area contributed by atoms with Gasteiger partial charge in [-0.3, -0.25) is 4.79 Å². The van der Waals surface area contributed by atoms with Crippen LogP contribution in [0.5, 0.6) is 0 Å². The average molecular weight is 269 g/mol. The van der Waals surface area contributed by atoms with Crippen molar-refractivity contribution >= 4 is 5.91 Å². The van der Waals surface area contributed by atoms with Crippen molar-refractivity contribution in [2.75, 3.05) is 0 Å². The van der Waals surface area contributed by atoms with E-state index in [2.05, 4.69) is 5.32 Å². The van der Waals surface area contributed by atoms with Crippen LogP contribution < -0.4 is 5.32 Å². The zero-order valence-corrected chi connectivity index (χ0v) is 11.7.